The third-order valence-corrected chi connectivity index (χ3v) is 2.37. The SMILES string of the molecule is CCc1[c]nc(-c2ccc(Cl)cc2)cn1. The molecule has 15 heavy (non-hydrogen) atoms. The molecule has 0 saturated heterocycles. The standard InChI is InChI=1S/C12H10ClN2/c1-2-11-7-15-12(8-14-11)9-3-5-10(13)6-4-9/h3-6,8H,2H2,1H3. The lowest BCUT2D eigenvalue weighted by Gasteiger charge is -2.00. The molecule has 0 saturated carbocycles. The summed E-state index contributed by atoms with van der Waals surface area (Å²) in [6, 6.07) is 7.52. The highest BCUT2D eigenvalue weighted by Crippen LogP contribution is 2.18. The van der Waals surface area contributed by atoms with Crippen LogP contribution in [-0.2, 0) is 6.42 Å². The highest BCUT2D eigenvalue weighted by Gasteiger charge is 2.00. The lowest BCUT2D eigenvalue weighted by Crippen LogP contribution is -1.91. The van der Waals surface area contributed by atoms with E-state index < -0.39 is 0 Å². The van der Waals surface area contributed by atoms with E-state index >= 15 is 0 Å². The Labute approximate surface area is 94.0 Å². The molecule has 0 aliphatic heterocycles. The second-order valence-electron chi connectivity index (χ2n) is 3.17. The van der Waals surface area contributed by atoms with Gasteiger partial charge >= 0.3 is 0 Å². The molecule has 0 aliphatic carbocycles. The lowest BCUT2D eigenvalue weighted by molar-refractivity contribution is 0.996. The van der Waals surface area contributed by atoms with Crippen molar-refractivity contribution in [2.75, 3.05) is 0 Å². The van der Waals surface area contributed by atoms with E-state index in [4.69, 9.17) is 11.6 Å². The van der Waals surface area contributed by atoms with Gasteiger partial charge in [-0.1, -0.05) is 30.7 Å². The Morgan fingerprint density at radius 1 is 1.27 bits per heavy atom. The molecule has 0 atom stereocenters. The fraction of sp³-hybridized carbons (Fsp3) is 0.167. The van der Waals surface area contributed by atoms with Gasteiger partial charge in [-0.3, -0.25) is 4.98 Å². The third-order valence-electron chi connectivity index (χ3n) is 2.12. The Hall–Kier alpha value is -1.41. The maximum Gasteiger partial charge on any atom is 0.113 e. The number of rotatable bonds is 2. The Kier molecular flexibility index (Phi) is 2.97. The summed E-state index contributed by atoms with van der Waals surface area (Å²) in [4.78, 5) is 8.46. The smallest absolute Gasteiger partial charge is 0.113 e. The number of hydrogen-bond acceptors (Lipinski definition) is 2. The minimum Gasteiger partial charge on any atom is -0.257 e. The van der Waals surface area contributed by atoms with Gasteiger partial charge in [-0.25, -0.2) is 4.98 Å². The molecule has 1 heterocycles. The molecule has 0 unspecified atom stereocenters. The van der Waals surface area contributed by atoms with Gasteiger partial charge in [0, 0.05) is 10.6 Å². The molecule has 0 N–H and O–H groups in total. The van der Waals surface area contributed by atoms with Crippen LogP contribution in [0.2, 0.25) is 5.02 Å². The molecular weight excluding hydrogens is 208 g/mol. The van der Waals surface area contributed by atoms with Crippen LogP contribution in [0.5, 0.6) is 0 Å². The third kappa shape index (κ3) is 2.34. The van der Waals surface area contributed by atoms with Crippen molar-refractivity contribution in [3.8, 4) is 11.3 Å². The normalized spacial score (nSPS) is 10.3. The number of aryl methyl sites for hydroxylation is 1. The van der Waals surface area contributed by atoms with Crippen LogP contribution in [0.25, 0.3) is 11.3 Å². The molecule has 2 aromatic rings. The molecule has 2 nitrogen and oxygen atoms in total. The van der Waals surface area contributed by atoms with Gasteiger partial charge in [0.1, 0.15) is 6.20 Å². The van der Waals surface area contributed by atoms with E-state index in [-0.39, 0.29) is 0 Å². The minimum absolute atomic E-state index is 0.723. The summed E-state index contributed by atoms with van der Waals surface area (Å²) in [7, 11) is 0. The Morgan fingerprint density at radius 3 is 2.53 bits per heavy atom. The van der Waals surface area contributed by atoms with Gasteiger partial charge in [0.05, 0.1) is 17.6 Å². The minimum atomic E-state index is 0.723. The molecule has 0 aliphatic rings. The first-order valence-corrected chi connectivity index (χ1v) is 5.17. The fourth-order valence-corrected chi connectivity index (χ4v) is 1.38. The molecule has 2 rings (SSSR count). The maximum atomic E-state index is 5.80. The average molecular weight is 218 g/mol. The quantitative estimate of drug-likeness (QED) is 0.772. The Balaban J connectivity index is 2.33. The van der Waals surface area contributed by atoms with E-state index in [9.17, 15) is 0 Å². The van der Waals surface area contributed by atoms with Crippen molar-refractivity contribution in [2.24, 2.45) is 0 Å². The number of hydrogen-bond donors (Lipinski definition) is 0. The summed E-state index contributed by atoms with van der Waals surface area (Å²) in [6.45, 7) is 2.03. The summed E-state index contributed by atoms with van der Waals surface area (Å²) in [5.41, 5.74) is 2.71. The summed E-state index contributed by atoms with van der Waals surface area (Å²) in [5.74, 6) is 0. The van der Waals surface area contributed by atoms with Crippen molar-refractivity contribution in [3.05, 3.63) is 47.4 Å². The topological polar surface area (TPSA) is 25.8 Å². The van der Waals surface area contributed by atoms with Crippen LogP contribution in [-0.4, -0.2) is 9.97 Å². The summed E-state index contributed by atoms with van der Waals surface area (Å²) in [5, 5.41) is 0.723. The van der Waals surface area contributed by atoms with Gasteiger partial charge in [0.25, 0.3) is 0 Å². The average Bonchev–Trinajstić information content (AvgIpc) is 2.30. The molecule has 1 aromatic carbocycles. The van der Waals surface area contributed by atoms with E-state index in [2.05, 4.69) is 16.2 Å². The molecule has 0 fully saturated rings. The fourth-order valence-electron chi connectivity index (χ4n) is 1.25. The van der Waals surface area contributed by atoms with Gasteiger partial charge in [-0.05, 0) is 18.6 Å². The second kappa shape index (κ2) is 4.41. The van der Waals surface area contributed by atoms with Crippen LogP contribution in [0.15, 0.2) is 30.5 Å². The van der Waals surface area contributed by atoms with Crippen LogP contribution in [0.1, 0.15) is 12.6 Å². The van der Waals surface area contributed by atoms with Gasteiger partial charge < -0.3 is 0 Å². The number of benzene rings is 1. The van der Waals surface area contributed by atoms with E-state index in [1.807, 2.05) is 31.2 Å². The van der Waals surface area contributed by atoms with Gasteiger partial charge in [0.15, 0.2) is 0 Å². The summed E-state index contributed by atoms with van der Waals surface area (Å²) < 4.78 is 0. The van der Waals surface area contributed by atoms with E-state index in [0.717, 1.165) is 28.4 Å². The van der Waals surface area contributed by atoms with Crippen molar-refractivity contribution in [1.29, 1.82) is 0 Å². The molecule has 0 amide bonds. The van der Waals surface area contributed by atoms with Crippen LogP contribution in [0, 0.1) is 6.20 Å². The lowest BCUT2D eigenvalue weighted by atomic mass is 10.1. The van der Waals surface area contributed by atoms with Crippen molar-refractivity contribution in [3.63, 3.8) is 0 Å². The first-order valence-electron chi connectivity index (χ1n) is 4.79. The second-order valence-corrected chi connectivity index (χ2v) is 3.61. The van der Waals surface area contributed by atoms with Crippen molar-refractivity contribution >= 4 is 11.6 Å². The van der Waals surface area contributed by atoms with Gasteiger partial charge in [0.2, 0.25) is 0 Å². The monoisotopic (exact) mass is 217 g/mol. The van der Waals surface area contributed by atoms with Crippen LogP contribution in [0.3, 0.4) is 0 Å². The van der Waals surface area contributed by atoms with Crippen molar-refractivity contribution in [2.45, 2.75) is 13.3 Å². The molecule has 0 bridgehead atoms. The summed E-state index contributed by atoms with van der Waals surface area (Å²) >= 11 is 5.80. The number of aromatic nitrogens is 2. The highest BCUT2D eigenvalue weighted by atomic mass is 35.5. The molecular formula is C12H10ClN2. The summed E-state index contributed by atoms with van der Waals surface area (Å²) in [6.07, 6.45) is 5.52. The first-order chi connectivity index (χ1) is 7.29. The zero-order valence-corrected chi connectivity index (χ0v) is 9.12. The van der Waals surface area contributed by atoms with Crippen LogP contribution < -0.4 is 0 Å². The highest BCUT2D eigenvalue weighted by molar-refractivity contribution is 6.30. The molecule has 1 aromatic heterocycles. The zero-order chi connectivity index (χ0) is 10.7. The number of halogens is 1. The molecule has 3 heteroatoms. The predicted octanol–water partition coefficient (Wildman–Crippen LogP) is 3.16. The van der Waals surface area contributed by atoms with Crippen molar-refractivity contribution in [1.82, 2.24) is 9.97 Å². The molecule has 75 valence electrons. The Bertz CT molecular complexity index is 434. The maximum absolute atomic E-state index is 5.80. The van der Waals surface area contributed by atoms with Gasteiger partial charge in [-0.15, -0.1) is 0 Å². The van der Waals surface area contributed by atoms with Crippen LogP contribution >= 0.6 is 11.6 Å². The van der Waals surface area contributed by atoms with E-state index in [1.54, 1.807) is 6.20 Å². The van der Waals surface area contributed by atoms with E-state index in [1.165, 1.54) is 0 Å². The van der Waals surface area contributed by atoms with Gasteiger partial charge in [-0.2, -0.15) is 0 Å². The zero-order valence-electron chi connectivity index (χ0n) is 8.37. The van der Waals surface area contributed by atoms with Crippen molar-refractivity contribution < 1.29 is 0 Å². The largest absolute Gasteiger partial charge is 0.257 e. The number of nitrogens with zero attached hydrogens (tertiary/aromatic N) is 2. The first kappa shape index (κ1) is 10.1. The molecule has 1 radical (unpaired) electrons. The van der Waals surface area contributed by atoms with E-state index in [0.29, 0.717) is 0 Å². The van der Waals surface area contributed by atoms with Crippen LogP contribution in [0.4, 0.5) is 0 Å². The predicted molar refractivity (Wildman–Crippen MR) is 60.7 cm³/mol. The molecule has 0 spiro atoms. The Morgan fingerprint density at radius 2 is 2.00 bits per heavy atom.